The van der Waals surface area contributed by atoms with Gasteiger partial charge in [0, 0.05) is 67.6 Å². The van der Waals surface area contributed by atoms with Gasteiger partial charge in [-0.3, -0.25) is 4.98 Å². The van der Waals surface area contributed by atoms with Crippen LogP contribution in [0, 0.1) is 11.8 Å². The van der Waals surface area contributed by atoms with Gasteiger partial charge in [-0.25, -0.2) is 9.78 Å². The molecule has 2 N–H and O–H groups in total. The minimum atomic E-state index is -0.509. The topological polar surface area (TPSA) is 126 Å². The molecule has 1 fully saturated rings. The second kappa shape index (κ2) is 15.7. The Morgan fingerprint density at radius 2 is 1.87 bits per heavy atom. The third-order valence-electron chi connectivity index (χ3n) is 7.12. The lowest BCUT2D eigenvalue weighted by atomic mass is 10.1. The van der Waals surface area contributed by atoms with E-state index in [2.05, 4.69) is 37.6 Å². The number of rotatable bonds is 11. The van der Waals surface area contributed by atoms with Gasteiger partial charge in [-0.05, 0) is 83.4 Å². The SMILES string of the molecule is C[C@H](OC1CCCCO1)c1nccn1Cc1cc(-c2ccc(C#Cc3ccc(CNCCNC(=O)OC(C)(C)C)nc3)cc2)on1. The van der Waals surface area contributed by atoms with E-state index in [1.165, 1.54) is 0 Å². The van der Waals surface area contributed by atoms with E-state index in [0.29, 0.717) is 31.9 Å². The molecule has 0 radical (unpaired) electrons. The van der Waals surface area contributed by atoms with Crippen LogP contribution in [0.25, 0.3) is 11.3 Å². The summed E-state index contributed by atoms with van der Waals surface area (Å²) in [6.45, 7) is 10.4. The van der Waals surface area contributed by atoms with Crippen molar-refractivity contribution < 1.29 is 23.5 Å². The van der Waals surface area contributed by atoms with E-state index in [1.807, 2.05) is 80.9 Å². The number of carbonyl (C=O) groups is 1. The van der Waals surface area contributed by atoms with E-state index in [-0.39, 0.29) is 12.4 Å². The normalized spacial score (nSPS) is 15.5. The lowest BCUT2D eigenvalue weighted by Crippen LogP contribution is -2.36. The summed E-state index contributed by atoms with van der Waals surface area (Å²) in [6.07, 6.45) is 7.76. The van der Waals surface area contributed by atoms with Gasteiger partial charge in [0.05, 0.1) is 12.2 Å². The molecule has 11 heteroatoms. The van der Waals surface area contributed by atoms with Crippen molar-refractivity contribution in [2.45, 2.75) is 78.0 Å². The van der Waals surface area contributed by atoms with Crippen LogP contribution in [-0.2, 0) is 27.3 Å². The van der Waals surface area contributed by atoms with Gasteiger partial charge in [-0.2, -0.15) is 0 Å². The Morgan fingerprint density at radius 3 is 2.61 bits per heavy atom. The predicted molar refractivity (Wildman–Crippen MR) is 173 cm³/mol. The fourth-order valence-electron chi connectivity index (χ4n) is 4.87. The molecule has 0 saturated carbocycles. The van der Waals surface area contributed by atoms with Crippen molar-refractivity contribution in [1.82, 2.24) is 30.3 Å². The highest BCUT2D eigenvalue weighted by Gasteiger charge is 2.21. The van der Waals surface area contributed by atoms with Crippen LogP contribution >= 0.6 is 0 Å². The molecule has 1 saturated heterocycles. The van der Waals surface area contributed by atoms with E-state index in [9.17, 15) is 4.79 Å². The maximum Gasteiger partial charge on any atom is 0.407 e. The van der Waals surface area contributed by atoms with E-state index < -0.39 is 11.7 Å². The Morgan fingerprint density at radius 1 is 1.07 bits per heavy atom. The number of hydrogen-bond donors (Lipinski definition) is 2. The summed E-state index contributed by atoms with van der Waals surface area (Å²) in [6, 6.07) is 13.7. The third kappa shape index (κ3) is 10.0. The summed E-state index contributed by atoms with van der Waals surface area (Å²) in [4.78, 5) is 20.7. The molecule has 4 aromatic rings. The van der Waals surface area contributed by atoms with Gasteiger partial charge in [0.15, 0.2) is 12.1 Å². The first-order valence-corrected chi connectivity index (χ1v) is 15.7. The number of nitrogens with zero attached hydrogens (tertiary/aromatic N) is 4. The van der Waals surface area contributed by atoms with Crippen molar-refractivity contribution in [3.8, 4) is 23.2 Å². The average molecular weight is 627 g/mol. The molecule has 11 nitrogen and oxygen atoms in total. The molecule has 5 rings (SSSR count). The smallest absolute Gasteiger partial charge is 0.407 e. The minimum absolute atomic E-state index is 0.182. The van der Waals surface area contributed by atoms with Gasteiger partial charge >= 0.3 is 6.09 Å². The van der Waals surface area contributed by atoms with Crippen molar-refractivity contribution in [2.75, 3.05) is 19.7 Å². The van der Waals surface area contributed by atoms with Gasteiger partial charge < -0.3 is 33.9 Å². The van der Waals surface area contributed by atoms with Crippen LogP contribution < -0.4 is 10.6 Å². The van der Waals surface area contributed by atoms with E-state index in [1.54, 1.807) is 12.4 Å². The maximum atomic E-state index is 11.7. The average Bonchev–Trinajstić information content (AvgIpc) is 3.71. The number of amides is 1. The summed E-state index contributed by atoms with van der Waals surface area (Å²) in [7, 11) is 0. The molecule has 1 aliphatic heterocycles. The van der Waals surface area contributed by atoms with Gasteiger partial charge in [-0.1, -0.05) is 17.0 Å². The molecule has 1 aliphatic rings. The van der Waals surface area contributed by atoms with Crippen molar-refractivity contribution >= 4 is 6.09 Å². The highest BCUT2D eigenvalue weighted by atomic mass is 16.7. The maximum absolute atomic E-state index is 11.7. The molecular formula is C35H42N6O5. The highest BCUT2D eigenvalue weighted by Crippen LogP contribution is 2.25. The second-order valence-electron chi connectivity index (χ2n) is 12.1. The summed E-state index contributed by atoms with van der Waals surface area (Å²) < 4.78 is 24.7. The van der Waals surface area contributed by atoms with Crippen LogP contribution in [0.15, 0.2) is 65.6 Å². The van der Waals surface area contributed by atoms with Gasteiger partial charge in [0.2, 0.25) is 0 Å². The number of imidazole rings is 1. The van der Waals surface area contributed by atoms with Crippen molar-refractivity contribution in [2.24, 2.45) is 0 Å². The van der Waals surface area contributed by atoms with Crippen LogP contribution in [0.1, 0.15) is 81.4 Å². The molecular weight excluding hydrogens is 584 g/mol. The fraction of sp³-hybridized carbons (Fsp3) is 0.429. The van der Waals surface area contributed by atoms with Gasteiger partial charge in [0.1, 0.15) is 23.2 Å². The number of ether oxygens (including phenoxy) is 3. The van der Waals surface area contributed by atoms with Crippen LogP contribution in [0.5, 0.6) is 0 Å². The fourth-order valence-corrected chi connectivity index (χ4v) is 4.87. The molecule has 2 atom stereocenters. The Hall–Kier alpha value is -4.50. The second-order valence-corrected chi connectivity index (χ2v) is 12.1. The number of alkyl carbamates (subject to hydrolysis) is 1. The summed E-state index contributed by atoms with van der Waals surface area (Å²) in [5.74, 6) is 7.87. The molecule has 1 amide bonds. The standard InChI is InChI=1S/C35H42N6O5/c1-25(44-32-7-5-6-20-43-32)33-37-18-19-41(33)24-30-21-31(46-40-30)28-13-10-26(11-14-28)8-9-27-12-15-29(39-22-27)23-36-16-17-38-34(42)45-35(2,3)4/h10-15,18-19,21-22,25,32,36H,5-7,16-17,20,23-24H2,1-4H3,(H,38,42)/t25-,32?/m0/s1. The Balaban J connectivity index is 1.08. The van der Waals surface area contributed by atoms with Gasteiger partial charge in [0.25, 0.3) is 0 Å². The number of pyridine rings is 1. The zero-order valence-corrected chi connectivity index (χ0v) is 26.9. The van der Waals surface area contributed by atoms with E-state index in [0.717, 1.165) is 59.8 Å². The number of nitrogens with one attached hydrogen (secondary N) is 2. The molecule has 3 aromatic heterocycles. The molecule has 242 valence electrons. The van der Waals surface area contributed by atoms with E-state index >= 15 is 0 Å². The van der Waals surface area contributed by atoms with E-state index in [4.69, 9.17) is 18.7 Å². The number of benzene rings is 1. The van der Waals surface area contributed by atoms with Crippen LogP contribution in [0.3, 0.4) is 0 Å². The van der Waals surface area contributed by atoms with Gasteiger partial charge in [-0.15, -0.1) is 0 Å². The lowest BCUT2D eigenvalue weighted by molar-refractivity contribution is -0.188. The highest BCUT2D eigenvalue weighted by molar-refractivity contribution is 5.67. The molecule has 1 unspecified atom stereocenters. The van der Waals surface area contributed by atoms with Crippen molar-refractivity contribution in [3.05, 3.63) is 89.4 Å². The zero-order chi connectivity index (χ0) is 32.4. The van der Waals surface area contributed by atoms with Crippen molar-refractivity contribution in [1.29, 1.82) is 0 Å². The number of hydrogen-bond acceptors (Lipinski definition) is 9. The Labute approximate surface area is 270 Å². The molecule has 0 bridgehead atoms. The first-order chi connectivity index (χ1) is 22.2. The quantitative estimate of drug-likeness (QED) is 0.162. The molecule has 0 spiro atoms. The van der Waals surface area contributed by atoms with Crippen LogP contribution in [0.2, 0.25) is 0 Å². The number of aromatic nitrogens is 4. The summed E-state index contributed by atoms with van der Waals surface area (Å²) >= 11 is 0. The first kappa shape index (κ1) is 32.9. The third-order valence-corrected chi connectivity index (χ3v) is 7.12. The Bertz CT molecular complexity index is 1610. The molecule has 4 heterocycles. The predicted octanol–water partition coefficient (Wildman–Crippen LogP) is 5.60. The van der Waals surface area contributed by atoms with Crippen molar-refractivity contribution in [3.63, 3.8) is 0 Å². The first-order valence-electron chi connectivity index (χ1n) is 15.7. The van der Waals surface area contributed by atoms with Crippen LogP contribution in [-0.4, -0.2) is 57.4 Å². The molecule has 1 aromatic carbocycles. The summed E-state index contributed by atoms with van der Waals surface area (Å²) in [5.41, 5.74) is 3.80. The monoisotopic (exact) mass is 626 g/mol. The summed E-state index contributed by atoms with van der Waals surface area (Å²) in [5, 5.41) is 10.3. The van der Waals surface area contributed by atoms with Crippen LogP contribution in [0.4, 0.5) is 4.79 Å². The minimum Gasteiger partial charge on any atom is -0.444 e. The lowest BCUT2D eigenvalue weighted by Gasteiger charge is -2.26. The molecule has 46 heavy (non-hydrogen) atoms. The largest absolute Gasteiger partial charge is 0.444 e. The molecule has 0 aliphatic carbocycles. The number of carbonyl (C=O) groups excluding carboxylic acids is 1. The Kier molecular flexibility index (Phi) is 11.2. The zero-order valence-electron chi connectivity index (χ0n) is 26.9.